The second kappa shape index (κ2) is 10.4. The fourth-order valence-electron chi connectivity index (χ4n) is 4.79. The fraction of sp³-hybridized carbons (Fsp3) is 0.0625. The molecule has 2 heterocycles. The molecule has 8 heteroatoms. The zero-order chi connectivity index (χ0) is 27.6. The molecular formula is C32H23FN4O3. The van der Waals surface area contributed by atoms with Crippen molar-refractivity contribution >= 4 is 28.2 Å². The summed E-state index contributed by atoms with van der Waals surface area (Å²) in [6.07, 6.45) is 2.20. The van der Waals surface area contributed by atoms with Gasteiger partial charge in [0.25, 0.3) is 5.91 Å². The topological polar surface area (TPSA) is 96.6 Å². The van der Waals surface area contributed by atoms with E-state index >= 15 is 0 Å². The van der Waals surface area contributed by atoms with Gasteiger partial charge in [-0.15, -0.1) is 5.10 Å². The van der Waals surface area contributed by atoms with Crippen LogP contribution in [0.15, 0.2) is 103 Å². The van der Waals surface area contributed by atoms with Gasteiger partial charge in [0.1, 0.15) is 11.3 Å². The Hall–Kier alpha value is -5.37. The summed E-state index contributed by atoms with van der Waals surface area (Å²) < 4.78 is 15.6. The van der Waals surface area contributed by atoms with Crippen LogP contribution in [0.1, 0.15) is 37.5 Å². The Labute approximate surface area is 228 Å². The highest BCUT2D eigenvalue weighted by Crippen LogP contribution is 2.27. The van der Waals surface area contributed by atoms with E-state index in [2.05, 4.69) is 39.9 Å². The molecule has 4 aromatic carbocycles. The van der Waals surface area contributed by atoms with Crippen LogP contribution in [-0.4, -0.2) is 31.8 Å². The molecule has 0 fully saturated rings. The first kappa shape index (κ1) is 24.9. The minimum Gasteiger partial charge on any atom is -0.478 e. The van der Waals surface area contributed by atoms with Crippen molar-refractivity contribution in [1.82, 2.24) is 20.1 Å². The van der Waals surface area contributed by atoms with E-state index in [1.807, 2.05) is 18.2 Å². The average Bonchev–Trinajstić information content (AvgIpc) is 3.38. The third-order valence-electron chi connectivity index (χ3n) is 6.82. The number of pyridine rings is 1. The number of halogens is 1. The molecule has 7 nitrogen and oxygen atoms in total. The van der Waals surface area contributed by atoms with Crippen molar-refractivity contribution in [3.63, 3.8) is 0 Å². The lowest BCUT2D eigenvalue weighted by Gasteiger charge is -2.11. The zero-order valence-corrected chi connectivity index (χ0v) is 21.2. The Morgan fingerprint density at radius 1 is 0.825 bits per heavy atom. The predicted molar refractivity (Wildman–Crippen MR) is 150 cm³/mol. The highest BCUT2D eigenvalue weighted by molar-refractivity contribution is 6.02. The van der Waals surface area contributed by atoms with Gasteiger partial charge in [-0.1, -0.05) is 71.9 Å². The molecule has 2 aromatic heterocycles. The molecule has 2 N–H and O–H groups in total. The van der Waals surface area contributed by atoms with Crippen molar-refractivity contribution < 1.29 is 19.1 Å². The van der Waals surface area contributed by atoms with Crippen molar-refractivity contribution in [3.8, 4) is 11.1 Å². The maximum Gasteiger partial charge on any atom is 0.335 e. The quantitative estimate of drug-likeness (QED) is 0.268. The van der Waals surface area contributed by atoms with Gasteiger partial charge in [-0.25, -0.2) is 13.7 Å². The van der Waals surface area contributed by atoms with Crippen LogP contribution in [0.3, 0.4) is 0 Å². The Bertz CT molecular complexity index is 1900. The number of rotatable bonds is 7. The molecule has 196 valence electrons. The summed E-state index contributed by atoms with van der Waals surface area (Å²) in [7, 11) is 0. The highest BCUT2D eigenvalue weighted by Gasteiger charge is 2.19. The second-order valence-electron chi connectivity index (χ2n) is 9.53. The maximum absolute atomic E-state index is 14.0. The lowest BCUT2D eigenvalue weighted by Crippen LogP contribution is -2.24. The Morgan fingerprint density at radius 2 is 1.60 bits per heavy atom. The van der Waals surface area contributed by atoms with Crippen LogP contribution in [0, 0.1) is 5.82 Å². The molecule has 0 aliphatic carbocycles. The number of aromatic carboxylic acids is 1. The van der Waals surface area contributed by atoms with Crippen LogP contribution >= 0.6 is 0 Å². The summed E-state index contributed by atoms with van der Waals surface area (Å²) in [5.74, 6) is -1.75. The minimum atomic E-state index is -1.01. The van der Waals surface area contributed by atoms with Gasteiger partial charge >= 0.3 is 5.97 Å². The van der Waals surface area contributed by atoms with Crippen molar-refractivity contribution in [2.45, 2.75) is 13.0 Å². The van der Waals surface area contributed by atoms with Gasteiger partial charge in [0.15, 0.2) is 0 Å². The Morgan fingerprint density at radius 3 is 2.38 bits per heavy atom. The lowest BCUT2D eigenvalue weighted by molar-refractivity contribution is 0.0696. The Balaban J connectivity index is 1.38. The van der Waals surface area contributed by atoms with Gasteiger partial charge in [0, 0.05) is 24.7 Å². The average molecular weight is 531 g/mol. The van der Waals surface area contributed by atoms with E-state index in [1.165, 1.54) is 24.3 Å². The number of amides is 1. The summed E-state index contributed by atoms with van der Waals surface area (Å²) >= 11 is 0. The molecule has 0 saturated carbocycles. The summed E-state index contributed by atoms with van der Waals surface area (Å²) in [6.45, 7) is 0.191. The number of carbonyl (C=O) groups excluding carboxylic acids is 1. The number of carboxylic acid groups (broad SMARTS) is 1. The van der Waals surface area contributed by atoms with Crippen molar-refractivity contribution in [2.24, 2.45) is 0 Å². The van der Waals surface area contributed by atoms with Crippen LogP contribution < -0.4 is 5.32 Å². The van der Waals surface area contributed by atoms with Gasteiger partial charge in [0.2, 0.25) is 0 Å². The van der Waals surface area contributed by atoms with E-state index < -0.39 is 5.97 Å². The molecular weight excluding hydrogens is 507 g/mol. The molecule has 0 atom stereocenters. The van der Waals surface area contributed by atoms with Crippen molar-refractivity contribution in [3.05, 3.63) is 137 Å². The monoisotopic (exact) mass is 530 g/mol. The number of hydrogen-bond acceptors (Lipinski definition) is 4. The summed E-state index contributed by atoms with van der Waals surface area (Å²) in [4.78, 5) is 24.7. The van der Waals surface area contributed by atoms with Crippen LogP contribution in [0.2, 0.25) is 0 Å². The fourth-order valence-corrected chi connectivity index (χ4v) is 4.79. The van der Waals surface area contributed by atoms with E-state index in [1.54, 1.807) is 41.0 Å². The third kappa shape index (κ3) is 5.02. The first-order valence-corrected chi connectivity index (χ1v) is 12.7. The van der Waals surface area contributed by atoms with Gasteiger partial charge in [-0.2, -0.15) is 0 Å². The number of hydrogen-bond donors (Lipinski definition) is 2. The van der Waals surface area contributed by atoms with E-state index in [0.717, 1.165) is 21.9 Å². The van der Waals surface area contributed by atoms with Crippen LogP contribution in [0.4, 0.5) is 4.39 Å². The summed E-state index contributed by atoms with van der Waals surface area (Å²) in [5, 5.41) is 23.0. The number of nitrogens with zero attached hydrogens (tertiary/aromatic N) is 3. The Kier molecular flexibility index (Phi) is 6.49. The highest BCUT2D eigenvalue weighted by atomic mass is 19.1. The molecule has 0 aliphatic heterocycles. The number of benzene rings is 4. The maximum atomic E-state index is 14.0. The molecule has 1 amide bonds. The van der Waals surface area contributed by atoms with Gasteiger partial charge in [-0.05, 0) is 57.8 Å². The lowest BCUT2D eigenvalue weighted by atomic mass is 10.0. The van der Waals surface area contributed by atoms with Crippen LogP contribution in [0.5, 0.6) is 0 Å². The summed E-state index contributed by atoms with van der Waals surface area (Å²) in [5.41, 5.74) is 4.72. The normalized spacial score (nSPS) is 11.1. The smallest absolute Gasteiger partial charge is 0.335 e. The number of nitrogens with one attached hydrogen (secondary N) is 1. The van der Waals surface area contributed by atoms with Crippen LogP contribution in [0.25, 0.3) is 27.4 Å². The van der Waals surface area contributed by atoms with E-state index in [4.69, 9.17) is 5.11 Å². The predicted octanol–water partition coefficient (Wildman–Crippen LogP) is 5.91. The number of fused-ring (bicyclic) bond motifs is 2. The molecule has 0 bridgehead atoms. The van der Waals surface area contributed by atoms with Gasteiger partial charge < -0.3 is 10.4 Å². The van der Waals surface area contributed by atoms with E-state index in [0.29, 0.717) is 34.3 Å². The van der Waals surface area contributed by atoms with E-state index in [9.17, 15) is 14.0 Å². The standard InChI is InChI=1S/C32H23FN4O3/c33-27-7-3-6-25(16-27)26-17-28(31(38)34-18-20-8-12-23(13-9-20)32(39)40)30-29(35-36-37(30)19-26)15-21-10-11-22-4-1-2-5-24(22)14-21/h1-14,16-17,19H,15,18H2,(H,34,38)(H,39,40). The van der Waals surface area contributed by atoms with E-state index in [-0.39, 0.29) is 23.8 Å². The first-order chi connectivity index (χ1) is 19.4. The molecule has 6 aromatic rings. The largest absolute Gasteiger partial charge is 0.478 e. The molecule has 6 rings (SSSR count). The first-order valence-electron chi connectivity index (χ1n) is 12.7. The zero-order valence-electron chi connectivity index (χ0n) is 21.2. The van der Waals surface area contributed by atoms with Crippen LogP contribution in [-0.2, 0) is 13.0 Å². The van der Waals surface area contributed by atoms with Crippen molar-refractivity contribution in [2.75, 3.05) is 0 Å². The van der Waals surface area contributed by atoms with Crippen molar-refractivity contribution in [1.29, 1.82) is 0 Å². The molecule has 0 saturated heterocycles. The molecule has 0 spiro atoms. The summed E-state index contributed by atoms with van der Waals surface area (Å²) in [6, 6.07) is 28.5. The number of aromatic nitrogens is 3. The molecule has 0 unspecified atom stereocenters. The van der Waals surface area contributed by atoms with Gasteiger partial charge in [-0.3, -0.25) is 4.79 Å². The number of carbonyl (C=O) groups is 2. The molecule has 40 heavy (non-hydrogen) atoms. The van der Waals surface area contributed by atoms with Gasteiger partial charge in [0.05, 0.1) is 16.8 Å². The number of carboxylic acids is 1. The molecule has 0 aliphatic rings. The molecule has 0 radical (unpaired) electrons. The second-order valence-corrected chi connectivity index (χ2v) is 9.53. The SMILES string of the molecule is O=C(O)c1ccc(CNC(=O)c2cc(-c3cccc(F)c3)cn3nnc(Cc4ccc5ccccc5c4)c23)cc1. The third-order valence-corrected chi connectivity index (χ3v) is 6.82. The minimum absolute atomic E-state index is 0.170.